The molecule has 0 aliphatic carbocycles. The SMILES string of the molecule is Fc1ccc(C(Nc2ccc(F)c(F)c2)C2CCN(CCOc3cccc4ccccc34)CC2)cc1. The number of nitrogens with one attached hydrogen (secondary N) is 1. The van der Waals surface area contributed by atoms with Gasteiger partial charge in [0.1, 0.15) is 18.2 Å². The molecule has 1 fully saturated rings. The Morgan fingerprint density at radius 2 is 1.58 bits per heavy atom. The lowest BCUT2D eigenvalue weighted by Crippen LogP contribution is -2.39. The molecule has 0 saturated carbocycles. The molecule has 0 amide bonds. The fraction of sp³-hybridized carbons (Fsp3) is 0.267. The Balaban J connectivity index is 1.21. The van der Waals surface area contributed by atoms with Gasteiger partial charge in [-0.1, -0.05) is 48.5 Å². The van der Waals surface area contributed by atoms with Gasteiger partial charge in [0.15, 0.2) is 11.6 Å². The van der Waals surface area contributed by atoms with Crippen LogP contribution < -0.4 is 10.1 Å². The van der Waals surface area contributed by atoms with Crippen molar-refractivity contribution in [1.82, 2.24) is 4.90 Å². The van der Waals surface area contributed by atoms with Crippen LogP contribution in [0.2, 0.25) is 0 Å². The lowest BCUT2D eigenvalue weighted by atomic mass is 9.85. The molecule has 1 atom stereocenters. The monoisotopic (exact) mass is 490 g/mol. The molecule has 1 saturated heterocycles. The summed E-state index contributed by atoms with van der Waals surface area (Å²) in [5, 5.41) is 5.65. The average Bonchev–Trinajstić information content (AvgIpc) is 2.90. The van der Waals surface area contributed by atoms with Crippen LogP contribution in [0, 0.1) is 23.4 Å². The number of benzene rings is 4. The minimum atomic E-state index is -0.890. The van der Waals surface area contributed by atoms with E-state index in [0.29, 0.717) is 12.3 Å². The van der Waals surface area contributed by atoms with Crippen LogP contribution >= 0.6 is 0 Å². The first-order valence-corrected chi connectivity index (χ1v) is 12.4. The van der Waals surface area contributed by atoms with Gasteiger partial charge < -0.3 is 10.1 Å². The number of piperidine rings is 1. The fourth-order valence-corrected chi connectivity index (χ4v) is 5.03. The Labute approximate surface area is 209 Å². The van der Waals surface area contributed by atoms with Crippen molar-refractivity contribution in [2.75, 3.05) is 31.6 Å². The Morgan fingerprint density at radius 1 is 0.833 bits per heavy atom. The van der Waals surface area contributed by atoms with Gasteiger partial charge in [-0.15, -0.1) is 0 Å². The van der Waals surface area contributed by atoms with Crippen molar-refractivity contribution in [3.63, 3.8) is 0 Å². The smallest absolute Gasteiger partial charge is 0.160 e. The van der Waals surface area contributed by atoms with Gasteiger partial charge in [-0.25, -0.2) is 13.2 Å². The van der Waals surface area contributed by atoms with E-state index in [9.17, 15) is 13.2 Å². The van der Waals surface area contributed by atoms with Crippen molar-refractivity contribution in [3.05, 3.63) is 108 Å². The summed E-state index contributed by atoms with van der Waals surface area (Å²) in [6, 6.07) is 24.4. The molecule has 4 aromatic rings. The summed E-state index contributed by atoms with van der Waals surface area (Å²) in [5.74, 6) is -0.906. The summed E-state index contributed by atoms with van der Waals surface area (Å²) in [6.07, 6.45) is 1.85. The van der Waals surface area contributed by atoms with Crippen LogP contribution in [0.25, 0.3) is 10.8 Å². The first kappa shape index (κ1) is 24.2. The van der Waals surface area contributed by atoms with Crippen LogP contribution in [0.5, 0.6) is 5.75 Å². The quantitative estimate of drug-likeness (QED) is 0.283. The maximum Gasteiger partial charge on any atom is 0.160 e. The minimum Gasteiger partial charge on any atom is -0.492 e. The van der Waals surface area contributed by atoms with Crippen LogP contribution in [0.4, 0.5) is 18.9 Å². The number of ether oxygens (including phenoxy) is 1. The molecule has 4 aromatic carbocycles. The van der Waals surface area contributed by atoms with Gasteiger partial charge in [0.05, 0.1) is 6.04 Å². The van der Waals surface area contributed by atoms with E-state index in [0.717, 1.165) is 60.6 Å². The normalized spacial score (nSPS) is 15.6. The number of hydrogen-bond donors (Lipinski definition) is 1. The van der Waals surface area contributed by atoms with Crippen molar-refractivity contribution >= 4 is 16.5 Å². The van der Waals surface area contributed by atoms with Gasteiger partial charge in [0, 0.05) is 23.7 Å². The van der Waals surface area contributed by atoms with Crippen molar-refractivity contribution in [1.29, 1.82) is 0 Å². The summed E-state index contributed by atoms with van der Waals surface area (Å²) in [5.41, 5.74) is 1.44. The van der Waals surface area contributed by atoms with Gasteiger partial charge in [0.25, 0.3) is 0 Å². The highest BCUT2D eigenvalue weighted by Crippen LogP contribution is 2.34. The maximum atomic E-state index is 13.8. The van der Waals surface area contributed by atoms with Gasteiger partial charge in [-0.2, -0.15) is 0 Å². The molecule has 6 heteroatoms. The number of rotatable bonds is 8. The van der Waals surface area contributed by atoms with Crippen molar-refractivity contribution < 1.29 is 17.9 Å². The zero-order valence-corrected chi connectivity index (χ0v) is 20.0. The van der Waals surface area contributed by atoms with Crippen molar-refractivity contribution in [3.8, 4) is 5.75 Å². The summed E-state index contributed by atoms with van der Waals surface area (Å²) in [6.45, 7) is 3.24. The molecule has 0 bridgehead atoms. The van der Waals surface area contributed by atoms with Crippen LogP contribution in [-0.4, -0.2) is 31.1 Å². The lowest BCUT2D eigenvalue weighted by Gasteiger charge is -2.37. The number of hydrogen-bond acceptors (Lipinski definition) is 3. The molecule has 1 aliphatic heterocycles. The molecule has 1 N–H and O–H groups in total. The number of halogens is 3. The van der Waals surface area contributed by atoms with E-state index in [1.807, 2.05) is 24.3 Å². The molecule has 1 aliphatic rings. The van der Waals surface area contributed by atoms with E-state index in [4.69, 9.17) is 4.74 Å². The van der Waals surface area contributed by atoms with Gasteiger partial charge in [-0.05, 0) is 73.1 Å². The minimum absolute atomic E-state index is 0.135. The molecule has 186 valence electrons. The second-order valence-corrected chi connectivity index (χ2v) is 9.31. The second-order valence-electron chi connectivity index (χ2n) is 9.31. The molecule has 36 heavy (non-hydrogen) atoms. The van der Waals surface area contributed by atoms with Crippen LogP contribution in [0.1, 0.15) is 24.4 Å². The predicted octanol–water partition coefficient (Wildman–Crippen LogP) is 7.20. The van der Waals surface area contributed by atoms with Gasteiger partial charge in [-0.3, -0.25) is 4.90 Å². The first-order valence-electron chi connectivity index (χ1n) is 12.4. The second kappa shape index (κ2) is 11.0. The van der Waals surface area contributed by atoms with Gasteiger partial charge >= 0.3 is 0 Å². The van der Waals surface area contributed by atoms with Crippen LogP contribution in [0.3, 0.4) is 0 Å². The fourth-order valence-electron chi connectivity index (χ4n) is 5.03. The number of anilines is 1. The Bertz CT molecular complexity index is 1300. The predicted molar refractivity (Wildman–Crippen MR) is 138 cm³/mol. The first-order chi connectivity index (χ1) is 17.6. The molecule has 0 aromatic heterocycles. The zero-order valence-electron chi connectivity index (χ0n) is 20.0. The van der Waals surface area contributed by atoms with Gasteiger partial charge in [0.2, 0.25) is 0 Å². The standard InChI is InChI=1S/C30H29F3N2O/c31-24-10-8-22(9-11-24)30(34-25-12-13-27(32)28(33)20-25)23-14-16-35(17-15-23)18-19-36-29-7-3-5-21-4-1-2-6-26(21)29/h1-13,20,23,30,34H,14-19H2. The summed E-state index contributed by atoms with van der Waals surface area (Å²) in [4.78, 5) is 2.39. The number of nitrogens with zero attached hydrogens (tertiary/aromatic N) is 1. The third-order valence-electron chi connectivity index (χ3n) is 6.99. The summed E-state index contributed by atoms with van der Waals surface area (Å²) >= 11 is 0. The third kappa shape index (κ3) is 5.65. The van der Waals surface area contributed by atoms with E-state index < -0.39 is 11.6 Å². The highest BCUT2D eigenvalue weighted by atomic mass is 19.2. The summed E-state index contributed by atoms with van der Waals surface area (Å²) in [7, 11) is 0. The molecule has 3 nitrogen and oxygen atoms in total. The Hall–Kier alpha value is -3.51. The van der Waals surface area contributed by atoms with Crippen LogP contribution in [0.15, 0.2) is 84.9 Å². The van der Waals surface area contributed by atoms with E-state index in [-0.39, 0.29) is 17.8 Å². The lowest BCUT2D eigenvalue weighted by molar-refractivity contribution is 0.148. The Kier molecular flexibility index (Phi) is 7.42. The highest BCUT2D eigenvalue weighted by molar-refractivity contribution is 5.88. The molecular formula is C30H29F3N2O. The summed E-state index contributed by atoms with van der Waals surface area (Å²) < 4.78 is 46.9. The van der Waals surface area contributed by atoms with Crippen LogP contribution in [-0.2, 0) is 0 Å². The average molecular weight is 491 g/mol. The molecule has 1 unspecified atom stereocenters. The number of likely N-dealkylation sites (tertiary alicyclic amines) is 1. The maximum absolute atomic E-state index is 13.8. The zero-order chi connectivity index (χ0) is 24.9. The number of fused-ring (bicyclic) bond motifs is 1. The highest BCUT2D eigenvalue weighted by Gasteiger charge is 2.28. The molecule has 5 rings (SSSR count). The largest absolute Gasteiger partial charge is 0.492 e. The molecule has 1 heterocycles. The van der Waals surface area contributed by atoms with E-state index in [1.54, 1.807) is 12.1 Å². The van der Waals surface area contributed by atoms with Crippen molar-refractivity contribution in [2.45, 2.75) is 18.9 Å². The van der Waals surface area contributed by atoms with Crippen molar-refractivity contribution in [2.24, 2.45) is 5.92 Å². The molecule has 0 radical (unpaired) electrons. The van der Waals surface area contributed by atoms with E-state index in [2.05, 4.69) is 28.4 Å². The Morgan fingerprint density at radius 3 is 2.36 bits per heavy atom. The van der Waals surface area contributed by atoms with E-state index in [1.165, 1.54) is 24.3 Å². The molecule has 0 spiro atoms. The van der Waals surface area contributed by atoms with E-state index >= 15 is 0 Å². The topological polar surface area (TPSA) is 24.5 Å². The third-order valence-corrected chi connectivity index (χ3v) is 6.99. The molecular weight excluding hydrogens is 461 g/mol.